The maximum atomic E-state index is 13.4. The van der Waals surface area contributed by atoms with Crippen molar-refractivity contribution in [3.8, 4) is 0 Å². The average Bonchev–Trinajstić information content (AvgIpc) is 3.06. The van der Waals surface area contributed by atoms with E-state index < -0.39 is 17.8 Å². The first-order chi connectivity index (χ1) is 15.6. The largest absolute Gasteiger partial charge is 0.433 e. The summed E-state index contributed by atoms with van der Waals surface area (Å²) in [4.78, 5) is 16.9. The van der Waals surface area contributed by atoms with E-state index in [0.29, 0.717) is 26.9 Å². The number of fused-ring (bicyclic) bond motifs is 1. The molecule has 0 aliphatic rings. The minimum Gasteiger partial charge on any atom is -0.319 e. The number of hydrogen-bond donors (Lipinski definition) is 1. The SMILES string of the molecule is Cc1nn(C(C)c2ccccc2)c(C)c1NC(=O)c1cc(C(F)(F)F)nc2ccc(Br)cc12. The molecule has 0 fully saturated rings. The third-order valence-electron chi connectivity index (χ3n) is 5.52. The van der Waals surface area contributed by atoms with Gasteiger partial charge in [-0.2, -0.15) is 18.3 Å². The van der Waals surface area contributed by atoms with Gasteiger partial charge in [-0.3, -0.25) is 9.48 Å². The highest BCUT2D eigenvalue weighted by atomic mass is 79.9. The molecule has 33 heavy (non-hydrogen) atoms. The lowest BCUT2D eigenvalue weighted by Gasteiger charge is -2.15. The van der Waals surface area contributed by atoms with Gasteiger partial charge in [0.1, 0.15) is 5.69 Å². The van der Waals surface area contributed by atoms with E-state index in [1.807, 2.05) is 44.2 Å². The summed E-state index contributed by atoms with van der Waals surface area (Å²) >= 11 is 3.31. The number of carbonyl (C=O) groups is 1. The van der Waals surface area contributed by atoms with Crippen LogP contribution in [0.5, 0.6) is 0 Å². The third-order valence-corrected chi connectivity index (χ3v) is 6.01. The smallest absolute Gasteiger partial charge is 0.319 e. The second-order valence-electron chi connectivity index (χ2n) is 7.75. The third kappa shape index (κ3) is 4.50. The Morgan fingerprint density at radius 2 is 1.79 bits per heavy atom. The fourth-order valence-corrected chi connectivity index (χ4v) is 4.17. The van der Waals surface area contributed by atoms with Crippen molar-refractivity contribution in [2.75, 3.05) is 5.32 Å². The maximum Gasteiger partial charge on any atom is 0.433 e. The Morgan fingerprint density at radius 1 is 1.09 bits per heavy atom. The van der Waals surface area contributed by atoms with Gasteiger partial charge in [-0.15, -0.1) is 0 Å². The molecule has 1 amide bonds. The molecule has 2 heterocycles. The van der Waals surface area contributed by atoms with Crippen LogP contribution in [-0.2, 0) is 6.18 Å². The first-order valence-corrected chi connectivity index (χ1v) is 10.9. The zero-order valence-electron chi connectivity index (χ0n) is 18.0. The molecule has 0 aliphatic carbocycles. The number of nitrogens with one attached hydrogen (secondary N) is 1. The molecule has 1 N–H and O–H groups in total. The van der Waals surface area contributed by atoms with Gasteiger partial charge in [0, 0.05) is 9.86 Å². The fourth-order valence-electron chi connectivity index (χ4n) is 3.81. The zero-order valence-corrected chi connectivity index (χ0v) is 19.6. The molecule has 0 saturated carbocycles. The number of nitrogens with zero attached hydrogens (tertiary/aromatic N) is 3. The highest BCUT2D eigenvalue weighted by molar-refractivity contribution is 9.10. The van der Waals surface area contributed by atoms with E-state index in [9.17, 15) is 18.0 Å². The fraction of sp³-hybridized carbons (Fsp3) is 0.208. The Hall–Kier alpha value is -3.20. The molecule has 0 bridgehead atoms. The van der Waals surface area contributed by atoms with Crippen LogP contribution in [0.2, 0.25) is 0 Å². The van der Waals surface area contributed by atoms with E-state index in [1.54, 1.807) is 23.7 Å². The molecule has 4 aromatic rings. The number of halogens is 4. The number of amides is 1. The Labute approximate surface area is 196 Å². The molecule has 0 spiro atoms. The first-order valence-electron chi connectivity index (χ1n) is 10.2. The highest BCUT2D eigenvalue weighted by Crippen LogP contribution is 2.33. The summed E-state index contributed by atoms with van der Waals surface area (Å²) in [6.07, 6.45) is -4.68. The van der Waals surface area contributed by atoms with Crippen molar-refractivity contribution < 1.29 is 18.0 Å². The standard InChI is InChI=1S/C24H20BrF3N4O/c1-13-22(15(3)32(31-13)14(2)16-7-5-4-6-8-16)30-23(33)19-12-21(24(26,27)28)29-20-10-9-17(25)11-18(19)20/h4-12,14H,1-3H3,(H,30,33). The molecule has 2 aromatic heterocycles. The summed E-state index contributed by atoms with van der Waals surface area (Å²) in [7, 11) is 0. The predicted molar refractivity (Wildman–Crippen MR) is 124 cm³/mol. The molecule has 1 unspecified atom stereocenters. The van der Waals surface area contributed by atoms with Crippen molar-refractivity contribution in [3.63, 3.8) is 0 Å². The summed E-state index contributed by atoms with van der Waals surface area (Å²) in [5, 5.41) is 7.66. The van der Waals surface area contributed by atoms with E-state index in [2.05, 4.69) is 31.3 Å². The first kappa shape index (κ1) is 23.0. The number of rotatable bonds is 4. The molecule has 0 aliphatic heterocycles. The number of aromatic nitrogens is 3. The van der Waals surface area contributed by atoms with Crippen molar-refractivity contribution in [2.45, 2.75) is 33.0 Å². The molecule has 0 radical (unpaired) electrons. The van der Waals surface area contributed by atoms with Crippen LogP contribution >= 0.6 is 15.9 Å². The van der Waals surface area contributed by atoms with Crippen LogP contribution in [0.3, 0.4) is 0 Å². The second kappa shape index (κ2) is 8.62. The van der Waals surface area contributed by atoms with Crippen LogP contribution in [0.1, 0.15) is 46.0 Å². The minimum absolute atomic E-state index is 0.0833. The van der Waals surface area contributed by atoms with Crippen LogP contribution < -0.4 is 5.32 Å². The van der Waals surface area contributed by atoms with Crippen molar-refractivity contribution >= 4 is 38.4 Å². The number of alkyl halides is 3. The van der Waals surface area contributed by atoms with E-state index in [1.165, 1.54) is 6.07 Å². The molecule has 4 rings (SSSR count). The molecule has 9 heteroatoms. The lowest BCUT2D eigenvalue weighted by molar-refractivity contribution is -0.140. The molecule has 1 atom stereocenters. The van der Waals surface area contributed by atoms with Crippen molar-refractivity contribution in [3.05, 3.63) is 87.3 Å². The number of aryl methyl sites for hydroxylation is 1. The van der Waals surface area contributed by atoms with E-state index in [0.717, 1.165) is 11.6 Å². The lowest BCUT2D eigenvalue weighted by atomic mass is 10.1. The zero-order chi connectivity index (χ0) is 23.9. The number of hydrogen-bond acceptors (Lipinski definition) is 3. The van der Waals surface area contributed by atoms with Crippen LogP contribution in [0.25, 0.3) is 10.9 Å². The normalized spacial score (nSPS) is 12.7. The predicted octanol–water partition coefficient (Wildman–Crippen LogP) is 6.69. The van der Waals surface area contributed by atoms with Gasteiger partial charge in [0.05, 0.1) is 34.2 Å². The summed E-state index contributed by atoms with van der Waals surface area (Å²) in [6.45, 7) is 5.56. The van der Waals surface area contributed by atoms with Gasteiger partial charge in [-0.05, 0) is 50.6 Å². The average molecular weight is 517 g/mol. The Bertz CT molecular complexity index is 1350. The van der Waals surface area contributed by atoms with Gasteiger partial charge >= 0.3 is 6.18 Å². The topological polar surface area (TPSA) is 59.8 Å². The highest BCUT2D eigenvalue weighted by Gasteiger charge is 2.34. The Kier molecular flexibility index (Phi) is 6.00. The number of carbonyl (C=O) groups excluding carboxylic acids is 1. The second-order valence-corrected chi connectivity index (χ2v) is 8.66. The van der Waals surface area contributed by atoms with E-state index >= 15 is 0 Å². The molecule has 2 aromatic carbocycles. The van der Waals surface area contributed by atoms with Gasteiger partial charge in [0.15, 0.2) is 0 Å². The Balaban J connectivity index is 1.75. The minimum atomic E-state index is -4.68. The quantitative estimate of drug-likeness (QED) is 0.328. The van der Waals surface area contributed by atoms with Gasteiger partial charge in [0.25, 0.3) is 5.91 Å². The summed E-state index contributed by atoms with van der Waals surface area (Å²) in [6, 6.07) is 15.1. The van der Waals surface area contributed by atoms with Gasteiger partial charge < -0.3 is 5.32 Å². The van der Waals surface area contributed by atoms with Gasteiger partial charge in [0.2, 0.25) is 0 Å². The summed E-state index contributed by atoms with van der Waals surface area (Å²) < 4.78 is 42.7. The molecule has 170 valence electrons. The van der Waals surface area contributed by atoms with Crippen LogP contribution in [0, 0.1) is 13.8 Å². The van der Waals surface area contributed by atoms with Crippen molar-refractivity contribution in [1.29, 1.82) is 0 Å². The van der Waals surface area contributed by atoms with Crippen LogP contribution in [0.15, 0.2) is 59.1 Å². The lowest BCUT2D eigenvalue weighted by Crippen LogP contribution is -2.17. The Morgan fingerprint density at radius 3 is 2.45 bits per heavy atom. The van der Waals surface area contributed by atoms with Gasteiger partial charge in [-0.1, -0.05) is 46.3 Å². The number of pyridine rings is 1. The maximum absolute atomic E-state index is 13.4. The molecular weight excluding hydrogens is 497 g/mol. The van der Waals surface area contributed by atoms with E-state index in [4.69, 9.17) is 0 Å². The molecule has 5 nitrogen and oxygen atoms in total. The number of benzene rings is 2. The van der Waals surface area contributed by atoms with Crippen molar-refractivity contribution in [2.24, 2.45) is 0 Å². The van der Waals surface area contributed by atoms with Crippen LogP contribution in [0.4, 0.5) is 18.9 Å². The molecular formula is C24H20BrF3N4O. The summed E-state index contributed by atoms with van der Waals surface area (Å²) in [5.41, 5.74) is 1.63. The molecule has 0 saturated heterocycles. The van der Waals surface area contributed by atoms with Gasteiger partial charge in [-0.25, -0.2) is 4.98 Å². The van der Waals surface area contributed by atoms with E-state index in [-0.39, 0.29) is 17.1 Å². The van der Waals surface area contributed by atoms with Crippen molar-refractivity contribution in [1.82, 2.24) is 14.8 Å². The summed E-state index contributed by atoms with van der Waals surface area (Å²) in [5.74, 6) is -0.663. The number of anilines is 1. The monoisotopic (exact) mass is 516 g/mol. The van der Waals surface area contributed by atoms with Crippen LogP contribution in [-0.4, -0.2) is 20.7 Å².